The number of hydrogen-bond acceptors (Lipinski definition) is 2. The van der Waals surface area contributed by atoms with Crippen LogP contribution in [-0.2, 0) is 11.2 Å². The highest BCUT2D eigenvalue weighted by atomic mass is 16.1. The third kappa shape index (κ3) is 2.14. The molecule has 1 aromatic heterocycles. The van der Waals surface area contributed by atoms with Gasteiger partial charge in [-0.1, -0.05) is 6.07 Å². The minimum atomic E-state index is 0.350. The van der Waals surface area contributed by atoms with Crippen LogP contribution in [0.5, 0.6) is 0 Å². The van der Waals surface area contributed by atoms with E-state index < -0.39 is 0 Å². The van der Waals surface area contributed by atoms with Crippen LogP contribution in [0.15, 0.2) is 18.3 Å². The number of carbonyl (C=O) groups excluding carboxylic acids is 1. The van der Waals surface area contributed by atoms with Gasteiger partial charge in [-0.25, -0.2) is 0 Å². The number of rotatable bonds is 3. The Morgan fingerprint density at radius 3 is 2.85 bits per heavy atom. The smallest absolute Gasteiger partial charge is 0.141 e. The SMILES string of the molecule is Cc1ccc(CC(=O)C2CC2)nc1. The van der Waals surface area contributed by atoms with Crippen LogP contribution in [-0.4, -0.2) is 10.8 Å². The van der Waals surface area contributed by atoms with Crippen molar-refractivity contribution in [1.29, 1.82) is 0 Å². The molecular weight excluding hydrogens is 162 g/mol. The maximum atomic E-state index is 11.4. The van der Waals surface area contributed by atoms with Gasteiger partial charge in [-0.05, 0) is 31.4 Å². The molecule has 1 aliphatic carbocycles. The van der Waals surface area contributed by atoms with E-state index in [1.54, 1.807) is 0 Å². The van der Waals surface area contributed by atoms with Gasteiger partial charge in [-0.15, -0.1) is 0 Å². The highest BCUT2D eigenvalue weighted by Gasteiger charge is 2.29. The molecule has 2 rings (SSSR count). The number of pyridine rings is 1. The second-order valence-electron chi connectivity index (χ2n) is 3.74. The first kappa shape index (κ1) is 8.42. The number of ketones is 1. The highest BCUT2D eigenvalue weighted by Crippen LogP contribution is 2.30. The molecule has 0 aromatic carbocycles. The first-order chi connectivity index (χ1) is 6.25. The second kappa shape index (κ2) is 3.29. The van der Waals surface area contributed by atoms with Crippen LogP contribution < -0.4 is 0 Å². The van der Waals surface area contributed by atoms with E-state index in [0.29, 0.717) is 18.1 Å². The van der Waals surface area contributed by atoms with Crippen LogP contribution in [0.3, 0.4) is 0 Å². The van der Waals surface area contributed by atoms with Crippen LogP contribution in [0.1, 0.15) is 24.1 Å². The molecule has 1 saturated carbocycles. The Bertz CT molecular complexity index is 311. The quantitative estimate of drug-likeness (QED) is 0.702. The number of carbonyl (C=O) groups is 1. The Labute approximate surface area is 78.0 Å². The molecule has 0 atom stereocenters. The van der Waals surface area contributed by atoms with Crippen molar-refractivity contribution >= 4 is 5.78 Å². The average molecular weight is 175 g/mol. The molecule has 0 bridgehead atoms. The van der Waals surface area contributed by atoms with E-state index in [4.69, 9.17) is 0 Å². The number of nitrogens with zero attached hydrogens (tertiary/aromatic N) is 1. The lowest BCUT2D eigenvalue weighted by atomic mass is 10.1. The maximum absolute atomic E-state index is 11.4. The van der Waals surface area contributed by atoms with E-state index in [9.17, 15) is 4.79 Å². The Kier molecular flexibility index (Phi) is 2.13. The van der Waals surface area contributed by atoms with Crippen molar-refractivity contribution in [3.8, 4) is 0 Å². The monoisotopic (exact) mass is 175 g/mol. The van der Waals surface area contributed by atoms with Crippen molar-refractivity contribution in [2.24, 2.45) is 5.92 Å². The van der Waals surface area contributed by atoms with Gasteiger partial charge in [0.1, 0.15) is 5.78 Å². The van der Waals surface area contributed by atoms with Gasteiger partial charge in [0.25, 0.3) is 0 Å². The number of aryl methyl sites for hydroxylation is 1. The lowest BCUT2D eigenvalue weighted by Gasteiger charge is -1.98. The molecule has 1 heterocycles. The third-order valence-electron chi connectivity index (χ3n) is 2.36. The largest absolute Gasteiger partial charge is 0.299 e. The van der Waals surface area contributed by atoms with E-state index >= 15 is 0 Å². The molecule has 0 spiro atoms. The highest BCUT2D eigenvalue weighted by molar-refractivity contribution is 5.84. The molecule has 68 valence electrons. The summed E-state index contributed by atoms with van der Waals surface area (Å²) in [5.74, 6) is 0.708. The lowest BCUT2D eigenvalue weighted by molar-refractivity contribution is -0.119. The molecule has 1 fully saturated rings. The van der Waals surface area contributed by atoms with Gasteiger partial charge in [0.2, 0.25) is 0 Å². The molecule has 1 aromatic rings. The summed E-state index contributed by atoms with van der Waals surface area (Å²) in [5.41, 5.74) is 2.05. The van der Waals surface area contributed by atoms with Crippen molar-refractivity contribution in [3.63, 3.8) is 0 Å². The predicted octanol–water partition coefficient (Wildman–Crippen LogP) is 1.91. The molecular formula is C11H13NO. The van der Waals surface area contributed by atoms with Gasteiger partial charge in [0, 0.05) is 24.2 Å². The molecule has 0 aliphatic heterocycles. The molecule has 13 heavy (non-hydrogen) atoms. The van der Waals surface area contributed by atoms with E-state index in [2.05, 4.69) is 4.98 Å². The Morgan fingerprint density at radius 2 is 2.31 bits per heavy atom. The zero-order valence-corrected chi connectivity index (χ0v) is 7.79. The van der Waals surface area contributed by atoms with Gasteiger partial charge < -0.3 is 0 Å². The first-order valence-electron chi connectivity index (χ1n) is 4.70. The van der Waals surface area contributed by atoms with Crippen LogP contribution in [0.25, 0.3) is 0 Å². The summed E-state index contributed by atoms with van der Waals surface area (Å²) in [6.45, 7) is 2.00. The molecule has 0 unspecified atom stereocenters. The fourth-order valence-corrected chi connectivity index (χ4v) is 1.33. The van der Waals surface area contributed by atoms with Gasteiger partial charge in [0.15, 0.2) is 0 Å². The first-order valence-corrected chi connectivity index (χ1v) is 4.70. The van der Waals surface area contributed by atoms with Crippen LogP contribution in [0.4, 0.5) is 0 Å². The molecule has 2 nitrogen and oxygen atoms in total. The summed E-state index contributed by atoms with van der Waals surface area (Å²) < 4.78 is 0. The van der Waals surface area contributed by atoms with E-state index in [1.807, 2.05) is 25.3 Å². The topological polar surface area (TPSA) is 30.0 Å². The van der Waals surface area contributed by atoms with E-state index in [1.165, 1.54) is 0 Å². The predicted molar refractivity (Wildman–Crippen MR) is 50.4 cm³/mol. The summed E-state index contributed by atoms with van der Waals surface area (Å²) in [6.07, 6.45) is 4.51. The van der Waals surface area contributed by atoms with Crippen LogP contribution >= 0.6 is 0 Å². The summed E-state index contributed by atoms with van der Waals surface area (Å²) in [5, 5.41) is 0. The molecule has 0 saturated heterocycles. The lowest BCUT2D eigenvalue weighted by Crippen LogP contribution is -2.05. The Hall–Kier alpha value is -1.18. The van der Waals surface area contributed by atoms with Crippen molar-refractivity contribution in [1.82, 2.24) is 4.98 Å². The Balaban J connectivity index is 2.00. The van der Waals surface area contributed by atoms with Crippen LogP contribution in [0.2, 0.25) is 0 Å². The van der Waals surface area contributed by atoms with Gasteiger partial charge in [0.05, 0.1) is 0 Å². The summed E-state index contributed by atoms with van der Waals surface area (Å²) in [4.78, 5) is 15.6. The number of hydrogen-bond donors (Lipinski definition) is 0. The van der Waals surface area contributed by atoms with Crippen molar-refractivity contribution < 1.29 is 4.79 Å². The standard InChI is InChI=1S/C11H13NO/c1-8-2-5-10(12-7-8)6-11(13)9-3-4-9/h2,5,7,9H,3-4,6H2,1H3. The zero-order chi connectivity index (χ0) is 9.26. The average Bonchev–Trinajstić information content (AvgIpc) is 2.91. The second-order valence-corrected chi connectivity index (χ2v) is 3.74. The zero-order valence-electron chi connectivity index (χ0n) is 7.79. The summed E-state index contributed by atoms with van der Waals surface area (Å²) in [7, 11) is 0. The van der Waals surface area contributed by atoms with Gasteiger partial charge in [-0.2, -0.15) is 0 Å². The number of Topliss-reactive ketones (excluding diaryl/α,β-unsaturated/α-hetero) is 1. The summed E-state index contributed by atoms with van der Waals surface area (Å²) in [6, 6.07) is 3.94. The fourth-order valence-electron chi connectivity index (χ4n) is 1.33. The molecule has 2 heteroatoms. The molecule has 1 aliphatic rings. The summed E-state index contributed by atoms with van der Waals surface area (Å²) >= 11 is 0. The molecule has 0 amide bonds. The fraction of sp³-hybridized carbons (Fsp3) is 0.455. The molecule has 0 N–H and O–H groups in total. The van der Waals surface area contributed by atoms with Crippen molar-refractivity contribution in [2.75, 3.05) is 0 Å². The van der Waals surface area contributed by atoms with E-state index in [-0.39, 0.29) is 0 Å². The van der Waals surface area contributed by atoms with Gasteiger partial charge >= 0.3 is 0 Å². The Morgan fingerprint density at radius 1 is 1.54 bits per heavy atom. The minimum Gasteiger partial charge on any atom is -0.299 e. The maximum Gasteiger partial charge on any atom is 0.141 e. The number of aromatic nitrogens is 1. The minimum absolute atomic E-state index is 0.350. The van der Waals surface area contributed by atoms with E-state index in [0.717, 1.165) is 24.1 Å². The molecule has 0 radical (unpaired) electrons. The van der Waals surface area contributed by atoms with Crippen molar-refractivity contribution in [2.45, 2.75) is 26.2 Å². The third-order valence-corrected chi connectivity index (χ3v) is 2.36. The van der Waals surface area contributed by atoms with Gasteiger partial charge in [-0.3, -0.25) is 9.78 Å². The normalized spacial score (nSPS) is 15.8. The van der Waals surface area contributed by atoms with Crippen molar-refractivity contribution in [3.05, 3.63) is 29.6 Å². The van der Waals surface area contributed by atoms with Crippen LogP contribution in [0, 0.1) is 12.8 Å².